The molecule has 0 saturated carbocycles. The topological polar surface area (TPSA) is 93.5 Å². The van der Waals surface area contributed by atoms with Crippen molar-refractivity contribution >= 4 is 17.5 Å². The van der Waals surface area contributed by atoms with E-state index in [1.54, 1.807) is 23.0 Å². The van der Waals surface area contributed by atoms with Crippen LogP contribution in [0.2, 0.25) is 0 Å². The third kappa shape index (κ3) is 2.43. The molecule has 8 heteroatoms. The molecule has 3 rings (SSSR count). The van der Waals surface area contributed by atoms with Crippen LogP contribution >= 0.6 is 11.8 Å². The van der Waals surface area contributed by atoms with Crippen molar-refractivity contribution in [1.82, 2.24) is 19.6 Å². The predicted octanol–water partition coefficient (Wildman–Crippen LogP) is 1.08. The third-order valence-electron chi connectivity index (χ3n) is 2.31. The summed E-state index contributed by atoms with van der Waals surface area (Å²) in [4.78, 5) is 19.5. The van der Waals surface area contributed by atoms with Gasteiger partial charge < -0.3 is 9.52 Å². The van der Waals surface area contributed by atoms with Crippen molar-refractivity contribution in [3.8, 4) is 5.75 Å². The van der Waals surface area contributed by atoms with Crippen LogP contribution in [0.15, 0.2) is 45.2 Å². The molecule has 0 radical (unpaired) electrons. The number of rotatable bonds is 3. The molecular formula is C11H8N4O3S. The molecule has 0 amide bonds. The fourth-order valence-electron chi connectivity index (χ4n) is 1.43. The van der Waals surface area contributed by atoms with Crippen molar-refractivity contribution in [2.75, 3.05) is 0 Å². The first-order valence-electron chi connectivity index (χ1n) is 5.33. The lowest BCUT2D eigenvalue weighted by Crippen LogP contribution is -1.99. The van der Waals surface area contributed by atoms with Crippen molar-refractivity contribution < 1.29 is 9.52 Å². The highest BCUT2D eigenvalue weighted by Gasteiger charge is 2.07. The highest BCUT2D eigenvalue weighted by atomic mass is 32.2. The number of aromatic nitrogens is 4. The average molecular weight is 276 g/mol. The van der Waals surface area contributed by atoms with Crippen molar-refractivity contribution in [2.24, 2.45) is 0 Å². The Hall–Kier alpha value is -2.35. The van der Waals surface area contributed by atoms with Crippen LogP contribution in [-0.4, -0.2) is 24.7 Å². The largest absolute Gasteiger partial charge is 0.502 e. The predicted molar refractivity (Wildman–Crippen MR) is 67.0 cm³/mol. The number of nitrogens with zero attached hydrogens (tertiary/aromatic N) is 4. The van der Waals surface area contributed by atoms with Crippen molar-refractivity contribution in [1.29, 1.82) is 0 Å². The van der Waals surface area contributed by atoms with Crippen molar-refractivity contribution in [3.63, 3.8) is 0 Å². The monoisotopic (exact) mass is 276 g/mol. The Labute approximate surface area is 110 Å². The highest BCUT2D eigenvalue weighted by Crippen LogP contribution is 2.19. The molecule has 19 heavy (non-hydrogen) atoms. The van der Waals surface area contributed by atoms with Gasteiger partial charge in [-0.3, -0.25) is 4.79 Å². The highest BCUT2D eigenvalue weighted by molar-refractivity contribution is 7.98. The van der Waals surface area contributed by atoms with Gasteiger partial charge in [0.15, 0.2) is 5.75 Å². The van der Waals surface area contributed by atoms with Gasteiger partial charge in [-0.1, -0.05) is 11.8 Å². The van der Waals surface area contributed by atoms with E-state index < -0.39 is 11.2 Å². The first kappa shape index (κ1) is 11.7. The SMILES string of the molecule is O=c1cc(CSc2nc3ncccn3n2)occ1O. The fourth-order valence-corrected chi connectivity index (χ4v) is 2.14. The van der Waals surface area contributed by atoms with Crippen LogP contribution in [0.4, 0.5) is 0 Å². The van der Waals surface area contributed by atoms with Crippen LogP contribution < -0.4 is 5.43 Å². The standard InChI is InChI=1S/C11H8N4O3S/c16-8-4-7(18-5-9(8)17)6-19-11-13-10-12-2-1-3-15(10)14-11/h1-5,17H,6H2. The Balaban J connectivity index is 1.78. The smallest absolute Gasteiger partial charge is 0.253 e. The van der Waals surface area contributed by atoms with E-state index in [1.165, 1.54) is 17.8 Å². The lowest BCUT2D eigenvalue weighted by atomic mass is 10.4. The molecular weight excluding hydrogens is 268 g/mol. The van der Waals surface area contributed by atoms with E-state index >= 15 is 0 Å². The molecule has 0 aliphatic rings. The van der Waals surface area contributed by atoms with E-state index in [2.05, 4.69) is 15.1 Å². The van der Waals surface area contributed by atoms with Crippen LogP contribution in [0, 0.1) is 0 Å². The molecule has 7 nitrogen and oxygen atoms in total. The quantitative estimate of drug-likeness (QED) is 0.715. The second-order valence-electron chi connectivity index (χ2n) is 3.64. The molecule has 0 bridgehead atoms. The number of thioether (sulfide) groups is 1. The van der Waals surface area contributed by atoms with E-state index in [4.69, 9.17) is 9.52 Å². The first-order valence-corrected chi connectivity index (χ1v) is 6.32. The Bertz CT molecular complexity index is 750. The van der Waals surface area contributed by atoms with Crippen molar-refractivity contribution in [3.05, 3.63) is 46.8 Å². The summed E-state index contributed by atoms with van der Waals surface area (Å²) < 4.78 is 6.65. The van der Waals surface area contributed by atoms with E-state index in [0.717, 1.165) is 6.26 Å². The van der Waals surface area contributed by atoms with Crippen LogP contribution in [0.3, 0.4) is 0 Å². The molecule has 0 saturated heterocycles. The van der Waals surface area contributed by atoms with Crippen LogP contribution in [0.25, 0.3) is 5.78 Å². The summed E-state index contributed by atoms with van der Waals surface area (Å²) in [7, 11) is 0. The Morgan fingerprint density at radius 3 is 3.16 bits per heavy atom. The minimum Gasteiger partial charge on any atom is -0.502 e. The lowest BCUT2D eigenvalue weighted by molar-refractivity contribution is 0.419. The summed E-state index contributed by atoms with van der Waals surface area (Å²) in [5.41, 5.74) is -0.466. The van der Waals surface area contributed by atoms with Gasteiger partial charge in [0.1, 0.15) is 12.0 Å². The van der Waals surface area contributed by atoms with Gasteiger partial charge in [0.2, 0.25) is 10.6 Å². The molecule has 1 N–H and O–H groups in total. The number of hydrogen-bond acceptors (Lipinski definition) is 7. The summed E-state index contributed by atoms with van der Waals surface area (Å²) in [6.45, 7) is 0. The molecule has 0 aliphatic heterocycles. The molecule has 0 aromatic carbocycles. The minimum absolute atomic E-state index is 0.395. The molecule has 96 valence electrons. The summed E-state index contributed by atoms with van der Waals surface area (Å²) in [5.74, 6) is 0.951. The summed E-state index contributed by atoms with van der Waals surface area (Å²) >= 11 is 1.32. The molecule has 0 atom stereocenters. The maximum absolute atomic E-state index is 11.2. The van der Waals surface area contributed by atoms with Gasteiger partial charge in [-0.05, 0) is 6.07 Å². The number of aromatic hydroxyl groups is 1. The Kier molecular flexibility index (Phi) is 2.92. The van der Waals surface area contributed by atoms with E-state index in [1.807, 2.05) is 0 Å². The molecule has 0 aliphatic carbocycles. The first-order chi connectivity index (χ1) is 9.22. The zero-order valence-electron chi connectivity index (χ0n) is 9.55. The second-order valence-corrected chi connectivity index (χ2v) is 4.59. The van der Waals surface area contributed by atoms with Crippen LogP contribution in [-0.2, 0) is 5.75 Å². The van der Waals surface area contributed by atoms with Gasteiger partial charge in [-0.25, -0.2) is 9.50 Å². The zero-order chi connectivity index (χ0) is 13.2. The maximum atomic E-state index is 11.2. The number of hydrogen-bond donors (Lipinski definition) is 1. The van der Waals surface area contributed by atoms with Gasteiger partial charge in [-0.2, -0.15) is 4.98 Å². The Morgan fingerprint density at radius 1 is 1.47 bits per heavy atom. The molecule has 0 fully saturated rings. The van der Waals surface area contributed by atoms with E-state index in [-0.39, 0.29) is 0 Å². The number of fused-ring (bicyclic) bond motifs is 1. The summed E-state index contributed by atoms with van der Waals surface area (Å²) in [6.07, 6.45) is 4.41. The van der Waals surface area contributed by atoms with Gasteiger partial charge in [0.25, 0.3) is 5.78 Å². The fraction of sp³-hybridized carbons (Fsp3) is 0.0909. The van der Waals surface area contributed by atoms with Gasteiger partial charge >= 0.3 is 0 Å². The van der Waals surface area contributed by atoms with Crippen molar-refractivity contribution in [2.45, 2.75) is 10.9 Å². The molecule has 3 aromatic rings. The third-order valence-corrected chi connectivity index (χ3v) is 3.17. The Morgan fingerprint density at radius 2 is 2.37 bits per heavy atom. The normalized spacial score (nSPS) is 10.9. The second kappa shape index (κ2) is 4.73. The molecule has 3 heterocycles. The lowest BCUT2D eigenvalue weighted by Gasteiger charge is -1.97. The molecule has 0 unspecified atom stereocenters. The molecule has 0 spiro atoms. The van der Waals surface area contributed by atoms with Crippen LogP contribution in [0.1, 0.15) is 5.76 Å². The van der Waals surface area contributed by atoms with E-state index in [9.17, 15) is 4.79 Å². The van der Waals surface area contributed by atoms with E-state index in [0.29, 0.717) is 22.4 Å². The summed E-state index contributed by atoms with van der Waals surface area (Å²) in [5, 5.41) is 13.8. The van der Waals surface area contributed by atoms with Gasteiger partial charge in [0, 0.05) is 18.5 Å². The van der Waals surface area contributed by atoms with Gasteiger partial charge in [-0.15, -0.1) is 5.10 Å². The molecule has 3 aromatic heterocycles. The minimum atomic E-state index is -0.466. The zero-order valence-corrected chi connectivity index (χ0v) is 10.4. The average Bonchev–Trinajstić information content (AvgIpc) is 2.83. The van der Waals surface area contributed by atoms with Gasteiger partial charge in [0.05, 0.1) is 5.75 Å². The van der Waals surface area contributed by atoms with Crippen LogP contribution in [0.5, 0.6) is 5.75 Å². The summed E-state index contributed by atoms with van der Waals surface area (Å²) in [6, 6.07) is 3.01. The maximum Gasteiger partial charge on any atom is 0.253 e.